The van der Waals surface area contributed by atoms with Crippen LogP contribution in [0.5, 0.6) is 0 Å². The van der Waals surface area contributed by atoms with Crippen LogP contribution in [-0.2, 0) is 28.6 Å². The summed E-state index contributed by atoms with van der Waals surface area (Å²) in [5.74, 6) is -0.538. The lowest BCUT2D eigenvalue weighted by atomic mass is 9.46. The molecule has 0 aromatic carbocycles. The molecular formula is C27H36O7. The molecule has 0 aromatic rings. The Bertz CT molecular complexity index is 968. The van der Waals surface area contributed by atoms with E-state index in [1.54, 1.807) is 12.2 Å². The van der Waals surface area contributed by atoms with E-state index >= 15 is 0 Å². The van der Waals surface area contributed by atoms with Gasteiger partial charge in [0.2, 0.25) is 5.78 Å². The van der Waals surface area contributed by atoms with Gasteiger partial charge in [-0.3, -0.25) is 14.4 Å². The lowest BCUT2D eigenvalue weighted by molar-refractivity contribution is -0.201. The number of hydrogen-bond donors (Lipinski definition) is 1. The van der Waals surface area contributed by atoms with Gasteiger partial charge in [-0.15, -0.1) is 0 Å². The first-order chi connectivity index (χ1) is 16.1. The van der Waals surface area contributed by atoms with Gasteiger partial charge in [-0.25, -0.2) is 0 Å². The topological polar surface area (TPSA) is 99.1 Å². The van der Waals surface area contributed by atoms with Crippen molar-refractivity contribution in [3.63, 3.8) is 0 Å². The molecule has 9 atom stereocenters. The molecule has 0 spiro atoms. The van der Waals surface area contributed by atoms with Crippen molar-refractivity contribution in [1.29, 1.82) is 0 Å². The average molecular weight is 473 g/mol. The Labute approximate surface area is 200 Å². The second-order valence-corrected chi connectivity index (χ2v) is 11.3. The summed E-state index contributed by atoms with van der Waals surface area (Å²) < 4.78 is 18.0. The molecule has 0 unspecified atom stereocenters. The molecule has 34 heavy (non-hydrogen) atoms. The minimum absolute atomic E-state index is 0.00949. The highest BCUT2D eigenvalue weighted by Crippen LogP contribution is 2.69. The summed E-state index contributed by atoms with van der Waals surface area (Å²) >= 11 is 0. The SMILES string of the molecule is CCC[C@@H]1O[C@@H]2C[C@H]3[C@@H]4CCC5=CC(=O)C=C[C@]5(C)[C@@H]4[C@@H](O)C[C@]3(C)[C@]2(C(=O)COC(C)=O)O1. The largest absolute Gasteiger partial charge is 0.458 e. The molecule has 5 aliphatic rings. The number of aliphatic hydroxyl groups is 1. The third kappa shape index (κ3) is 3.16. The van der Waals surface area contributed by atoms with E-state index in [4.69, 9.17) is 14.2 Å². The van der Waals surface area contributed by atoms with Crippen LogP contribution in [0.3, 0.4) is 0 Å². The first-order valence-electron chi connectivity index (χ1n) is 12.7. The van der Waals surface area contributed by atoms with Gasteiger partial charge < -0.3 is 19.3 Å². The molecule has 4 fully saturated rings. The second kappa shape index (κ2) is 8.10. The second-order valence-electron chi connectivity index (χ2n) is 11.3. The van der Waals surface area contributed by atoms with E-state index in [0.29, 0.717) is 19.3 Å². The first kappa shape index (κ1) is 23.9. The van der Waals surface area contributed by atoms with Crippen molar-refractivity contribution < 1.29 is 33.7 Å². The summed E-state index contributed by atoms with van der Waals surface area (Å²) in [4.78, 5) is 37.3. The summed E-state index contributed by atoms with van der Waals surface area (Å²) in [6, 6.07) is 0. The normalized spacial score (nSPS) is 46.7. The molecule has 0 amide bonds. The smallest absolute Gasteiger partial charge is 0.303 e. The monoisotopic (exact) mass is 472 g/mol. The molecule has 0 bridgehead atoms. The van der Waals surface area contributed by atoms with Gasteiger partial charge in [-0.1, -0.05) is 38.8 Å². The van der Waals surface area contributed by atoms with Crippen molar-refractivity contribution in [2.75, 3.05) is 6.61 Å². The summed E-state index contributed by atoms with van der Waals surface area (Å²) in [5.41, 5.74) is -1.17. The molecule has 1 saturated heterocycles. The number of hydrogen-bond acceptors (Lipinski definition) is 7. The molecule has 7 heteroatoms. The number of ether oxygens (including phenoxy) is 3. The first-order valence-corrected chi connectivity index (χ1v) is 12.7. The van der Waals surface area contributed by atoms with Crippen LogP contribution in [-0.4, -0.2) is 53.3 Å². The number of esters is 1. The quantitative estimate of drug-likeness (QED) is 0.613. The van der Waals surface area contributed by atoms with Gasteiger partial charge in [0.1, 0.15) is 0 Å². The van der Waals surface area contributed by atoms with Gasteiger partial charge in [0, 0.05) is 23.7 Å². The molecule has 4 aliphatic carbocycles. The zero-order chi connectivity index (χ0) is 24.5. The highest BCUT2D eigenvalue weighted by Gasteiger charge is 2.75. The van der Waals surface area contributed by atoms with E-state index < -0.39 is 35.5 Å². The molecule has 7 nitrogen and oxygen atoms in total. The van der Waals surface area contributed by atoms with Crippen LogP contribution in [0.1, 0.15) is 66.2 Å². The summed E-state index contributed by atoms with van der Waals surface area (Å²) in [6.07, 6.45) is 8.04. The number of carbonyl (C=O) groups excluding carboxylic acids is 3. The maximum absolute atomic E-state index is 13.7. The van der Waals surface area contributed by atoms with Gasteiger partial charge >= 0.3 is 5.97 Å². The Morgan fingerprint density at radius 3 is 2.76 bits per heavy atom. The Balaban J connectivity index is 1.53. The number of carbonyl (C=O) groups is 3. The van der Waals surface area contributed by atoms with Gasteiger partial charge in [-0.05, 0) is 56.1 Å². The Kier molecular flexibility index (Phi) is 5.69. The number of ketones is 2. The number of Topliss-reactive ketones (excluding diaryl/α,β-unsaturated/α-hetero) is 1. The molecule has 186 valence electrons. The van der Waals surface area contributed by atoms with Crippen molar-refractivity contribution in [2.24, 2.45) is 28.6 Å². The molecule has 3 saturated carbocycles. The zero-order valence-electron chi connectivity index (χ0n) is 20.5. The van der Waals surface area contributed by atoms with Crippen molar-refractivity contribution in [3.05, 3.63) is 23.8 Å². The molecule has 1 aliphatic heterocycles. The van der Waals surface area contributed by atoms with Crippen LogP contribution < -0.4 is 0 Å². The van der Waals surface area contributed by atoms with Crippen LogP contribution in [0.4, 0.5) is 0 Å². The fourth-order valence-electron chi connectivity index (χ4n) is 8.28. The minimum atomic E-state index is -1.24. The maximum atomic E-state index is 13.7. The summed E-state index contributed by atoms with van der Waals surface area (Å²) in [7, 11) is 0. The van der Waals surface area contributed by atoms with Crippen LogP contribution in [0.15, 0.2) is 23.8 Å². The number of rotatable bonds is 5. The fraction of sp³-hybridized carbons (Fsp3) is 0.741. The van der Waals surface area contributed by atoms with Crippen LogP contribution in [0.2, 0.25) is 0 Å². The molecule has 5 rings (SSSR count). The van der Waals surface area contributed by atoms with E-state index in [0.717, 1.165) is 24.8 Å². The Morgan fingerprint density at radius 1 is 1.29 bits per heavy atom. The van der Waals surface area contributed by atoms with Crippen LogP contribution >= 0.6 is 0 Å². The lowest BCUT2D eigenvalue weighted by Gasteiger charge is -2.59. The van der Waals surface area contributed by atoms with Crippen LogP contribution in [0.25, 0.3) is 0 Å². The van der Waals surface area contributed by atoms with Crippen molar-refractivity contribution in [1.82, 2.24) is 0 Å². The predicted octanol–water partition coefficient (Wildman–Crippen LogP) is 3.29. The zero-order valence-corrected chi connectivity index (χ0v) is 20.5. The third-order valence-corrected chi connectivity index (χ3v) is 9.63. The van der Waals surface area contributed by atoms with Crippen molar-refractivity contribution in [3.8, 4) is 0 Å². The van der Waals surface area contributed by atoms with Gasteiger partial charge in [-0.2, -0.15) is 0 Å². The molecule has 0 radical (unpaired) electrons. The number of aliphatic hydroxyl groups excluding tert-OH is 1. The van der Waals surface area contributed by atoms with Crippen LogP contribution in [0, 0.1) is 28.6 Å². The summed E-state index contributed by atoms with van der Waals surface area (Å²) in [6.45, 7) is 7.18. The van der Waals surface area contributed by atoms with E-state index in [2.05, 4.69) is 13.8 Å². The van der Waals surface area contributed by atoms with Gasteiger partial charge in [0.05, 0.1) is 12.2 Å². The number of fused-ring (bicyclic) bond motifs is 7. The van der Waals surface area contributed by atoms with Gasteiger partial charge in [0.25, 0.3) is 0 Å². The highest BCUT2D eigenvalue weighted by molar-refractivity contribution is 6.01. The van der Waals surface area contributed by atoms with E-state index in [9.17, 15) is 19.5 Å². The molecule has 1 heterocycles. The Hall–Kier alpha value is -1.83. The molecule has 1 N–H and O–H groups in total. The average Bonchev–Trinajstić information content (AvgIpc) is 3.25. The lowest BCUT2D eigenvalue weighted by Crippen LogP contribution is -2.63. The maximum Gasteiger partial charge on any atom is 0.303 e. The predicted molar refractivity (Wildman–Crippen MR) is 122 cm³/mol. The number of allylic oxidation sites excluding steroid dienone is 4. The van der Waals surface area contributed by atoms with E-state index in [-0.39, 0.29) is 41.3 Å². The van der Waals surface area contributed by atoms with Gasteiger partial charge in [0.15, 0.2) is 24.3 Å². The molecule has 0 aromatic heterocycles. The van der Waals surface area contributed by atoms with Crippen molar-refractivity contribution in [2.45, 2.75) is 90.3 Å². The minimum Gasteiger partial charge on any atom is -0.458 e. The third-order valence-electron chi connectivity index (χ3n) is 9.63. The molecular weight excluding hydrogens is 436 g/mol. The fourth-order valence-corrected chi connectivity index (χ4v) is 8.28. The summed E-state index contributed by atoms with van der Waals surface area (Å²) in [5, 5.41) is 11.7. The highest BCUT2D eigenvalue weighted by atomic mass is 16.7. The Morgan fingerprint density at radius 2 is 2.06 bits per heavy atom. The van der Waals surface area contributed by atoms with Crippen molar-refractivity contribution >= 4 is 17.5 Å². The van der Waals surface area contributed by atoms with E-state index in [1.165, 1.54) is 6.92 Å². The van der Waals surface area contributed by atoms with E-state index in [1.807, 2.05) is 13.0 Å². The standard InChI is InChI=1S/C27H36O7/c1-5-6-23-33-22-12-19-18-8-7-16-11-17(29)9-10-25(16,3)24(18)20(30)13-26(19,4)27(22,34-23)21(31)14-32-15(2)28/h9-11,18-20,22-24,30H,5-8,12-14H2,1-4H3/t18-,19-,20-,22+,23+,24-,25-,26-,27+/m0/s1.